The van der Waals surface area contributed by atoms with Crippen LogP contribution in [0.15, 0.2) is 12.1 Å². The Labute approximate surface area is 95.6 Å². The van der Waals surface area contributed by atoms with Crippen LogP contribution < -0.4 is 10.1 Å². The summed E-state index contributed by atoms with van der Waals surface area (Å²) < 4.78 is 5.69. The maximum atomic E-state index is 6.22. The Morgan fingerprint density at radius 2 is 2.33 bits per heavy atom. The first kappa shape index (κ1) is 10.8. The van der Waals surface area contributed by atoms with E-state index in [0.717, 1.165) is 41.5 Å². The third-order valence-corrected chi connectivity index (χ3v) is 3.12. The fraction of sp³-hybridized carbons (Fsp3) is 0.500. The number of hydrogen-bond donors (Lipinski definition) is 1. The van der Waals surface area contributed by atoms with Crippen LogP contribution in [0.3, 0.4) is 0 Å². The van der Waals surface area contributed by atoms with Gasteiger partial charge >= 0.3 is 0 Å². The number of benzene rings is 1. The maximum absolute atomic E-state index is 6.22. The largest absolute Gasteiger partial charge is 0.493 e. The molecule has 1 aliphatic heterocycles. The van der Waals surface area contributed by atoms with Crippen LogP contribution in [0.2, 0.25) is 5.02 Å². The van der Waals surface area contributed by atoms with Gasteiger partial charge < -0.3 is 10.1 Å². The average Bonchev–Trinajstić information content (AvgIpc) is 2.24. The van der Waals surface area contributed by atoms with E-state index in [1.165, 1.54) is 0 Å². The molecule has 0 radical (unpaired) electrons. The zero-order chi connectivity index (χ0) is 10.8. The van der Waals surface area contributed by atoms with Crippen LogP contribution in [-0.4, -0.2) is 13.2 Å². The molecule has 0 saturated carbocycles. The lowest BCUT2D eigenvalue weighted by Gasteiger charge is -2.28. The Hall–Kier alpha value is -0.730. The quantitative estimate of drug-likeness (QED) is 0.835. The summed E-state index contributed by atoms with van der Waals surface area (Å²) in [5.41, 5.74) is 2.29. The van der Waals surface area contributed by atoms with Gasteiger partial charge in [0, 0.05) is 23.0 Å². The van der Waals surface area contributed by atoms with Crippen molar-refractivity contribution in [2.75, 3.05) is 13.2 Å². The van der Waals surface area contributed by atoms with Crippen molar-refractivity contribution in [3.63, 3.8) is 0 Å². The van der Waals surface area contributed by atoms with Crippen LogP contribution in [-0.2, 0) is 0 Å². The third-order valence-electron chi connectivity index (χ3n) is 2.79. The number of aryl methyl sites for hydroxylation is 1. The molecule has 0 amide bonds. The predicted molar refractivity (Wildman–Crippen MR) is 62.7 cm³/mol. The minimum atomic E-state index is 0.339. The highest BCUT2D eigenvalue weighted by molar-refractivity contribution is 6.31. The van der Waals surface area contributed by atoms with Crippen molar-refractivity contribution in [3.05, 3.63) is 28.3 Å². The normalized spacial score (nSPS) is 19.5. The van der Waals surface area contributed by atoms with Gasteiger partial charge in [0.2, 0.25) is 0 Å². The first-order chi connectivity index (χ1) is 7.24. The minimum Gasteiger partial charge on any atom is -0.493 e. The first-order valence-corrected chi connectivity index (χ1v) is 5.77. The molecule has 82 valence electrons. The molecule has 0 aromatic heterocycles. The molecule has 3 heteroatoms. The van der Waals surface area contributed by atoms with E-state index in [1.54, 1.807) is 0 Å². The second-order valence-electron chi connectivity index (χ2n) is 3.85. The van der Waals surface area contributed by atoms with Crippen LogP contribution in [0.4, 0.5) is 0 Å². The van der Waals surface area contributed by atoms with Gasteiger partial charge in [-0.15, -0.1) is 0 Å². The topological polar surface area (TPSA) is 21.3 Å². The monoisotopic (exact) mass is 225 g/mol. The zero-order valence-electron chi connectivity index (χ0n) is 9.14. The highest BCUT2D eigenvalue weighted by Crippen LogP contribution is 2.39. The molecule has 1 aromatic rings. The lowest BCUT2D eigenvalue weighted by Crippen LogP contribution is -2.27. The molecule has 2 rings (SSSR count). The second kappa shape index (κ2) is 4.42. The molecule has 1 aromatic carbocycles. The number of fused-ring (bicyclic) bond motifs is 1. The maximum Gasteiger partial charge on any atom is 0.128 e. The summed E-state index contributed by atoms with van der Waals surface area (Å²) >= 11 is 6.22. The van der Waals surface area contributed by atoms with Crippen LogP contribution in [0.1, 0.15) is 30.5 Å². The molecule has 0 bridgehead atoms. The Kier molecular flexibility index (Phi) is 3.17. The molecule has 1 atom stereocenters. The standard InChI is InChI=1S/C12H16ClNO/c1-3-14-10-6-7-15-12-8(2)4-5-9(13)11(10)12/h4-5,10,14H,3,6-7H2,1-2H3. The van der Waals surface area contributed by atoms with Crippen LogP contribution in [0, 0.1) is 6.92 Å². The summed E-state index contributed by atoms with van der Waals surface area (Å²) in [4.78, 5) is 0. The second-order valence-corrected chi connectivity index (χ2v) is 4.26. The van der Waals surface area contributed by atoms with Crippen molar-refractivity contribution in [1.29, 1.82) is 0 Å². The summed E-state index contributed by atoms with van der Waals surface area (Å²) in [5, 5.41) is 4.25. The highest BCUT2D eigenvalue weighted by Gasteiger charge is 2.24. The molecule has 2 nitrogen and oxygen atoms in total. The van der Waals surface area contributed by atoms with E-state index in [0.29, 0.717) is 6.04 Å². The Morgan fingerprint density at radius 3 is 3.07 bits per heavy atom. The number of nitrogens with one attached hydrogen (secondary N) is 1. The molecule has 1 heterocycles. The van der Waals surface area contributed by atoms with Crippen molar-refractivity contribution in [1.82, 2.24) is 5.32 Å². The van der Waals surface area contributed by atoms with Gasteiger partial charge in [-0.2, -0.15) is 0 Å². The molecule has 0 saturated heterocycles. The van der Waals surface area contributed by atoms with E-state index in [4.69, 9.17) is 16.3 Å². The molecule has 0 spiro atoms. The van der Waals surface area contributed by atoms with E-state index in [9.17, 15) is 0 Å². The Bertz CT molecular complexity index is 365. The summed E-state index contributed by atoms with van der Waals surface area (Å²) in [6.45, 7) is 5.89. The van der Waals surface area contributed by atoms with E-state index in [2.05, 4.69) is 19.2 Å². The summed E-state index contributed by atoms with van der Waals surface area (Å²) in [7, 11) is 0. The lowest BCUT2D eigenvalue weighted by atomic mass is 9.98. The number of rotatable bonds is 2. The Balaban J connectivity index is 2.45. The summed E-state index contributed by atoms with van der Waals surface area (Å²) in [6, 6.07) is 4.30. The fourth-order valence-corrected chi connectivity index (χ4v) is 2.36. The van der Waals surface area contributed by atoms with E-state index in [1.807, 2.05) is 12.1 Å². The van der Waals surface area contributed by atoms with Gasteiger partial charge in [0.25, 0.3) is 0 Å². The summed E-state index contributed by atoms with van der Waals surface area (Å²) in [6.07, 6.45) is 0.990. The molecule has 1 N–H and O–H groups in total. The van der Waals surface area contributed by atoms with Crippen molar-refractivity contribution in [2.24, 2.45) is 0 Å². The highest BCUT2D eigenvalue weighted by atomic mass is 35.5. The van der Waals surface area contributed by atoms with Gasteiger partial charge in [-0.3, -0.25) is 0 Å². The molecule has 1 unspecified atom stereocenters. The van der Waals surface area contributed by atoms with Gasteiger partial charge in [-0.1, -0.05) is 24.6 Å². The number of hydrogen-bond acceptors (Lipinski definition) is 2. The van der Waals surface area contributed by atoms with E-state index >= 15 is 0 Å². The van der Waals surface area contributed by atoms with Crippen LogP contribution in [0.25, 0.3) is 0 Å². The van der Waals surface area contributed by atoms with Crippen molar-refractivity contribution < 1.29 is 4.74 Å². The first-order valence-electron chi connectivity index (χ1n) is 5.39. The SMILES string of the molecule is CCNC1CCOc2c(C)ccc(Cl)c21. The molecule has 0 aliphatic carbocycles. The van der Waals surface area contributed by atoms with Gasteiger partial charge in [0.1, 0.15) is 5.75 Å². The molecule has 15 heavy (non-hydrogen) atoms. The molecule has 1 aliphatic rings. The lowest BCUT2D eigenvalue weighted by molar-refractivity contribution is 0.252. The third kappa shape index (κ3) is 1.97. The molecule has 0 fully saturated rings. The smallest absolute Gasteiger partial charge is 0.128 e. The van der Waals surface area contributed by atoms with Crippen molar-refractivity contribution in [3.8, 4) is 5.75 Å². The minimum absolute atomic E-state index is 0.339. The Morgan fingerprint density at radius 1 is 1.53 bits per heavy atom. The average molecular weight is 226 g/mol. The zero-order valence-corrected chi connectivity index (χ0v) is 9.90. The number of halogens is 1. The summed E-state index contributed by atoms with van der Waals surface area (Å²) in [5.74, 6) is 0.972. The van der Waals surface area contributed by atoms with Gasteiger partial charge in [0.15, 0.2) is 0 Å². The van der Waals surface area contributed by atoms with E-state index in [-0.39, 0.29) is 0 Å². The van der Waals surface area contributed by atoms with Gasteiger partial charge in [-0.05, 0) is 25.1 Å². The van der Waals surface area contributed by atoms with Crippen LogP contribution >= 0.6 is 11.6 Å². The van der Waals surface area contributed by atoms with Crippen molar-refractivity contribution >= 4 is 11.6 Å². The fourth-order valence-electron chi connectivity index (χ4n) is 2.07. The van der Waals surface area contributed by atoms with Crippen LogP contribution in [0.5, 0.6) is 5.75 Å². The van der Waals surface area contributed by atoms with Gasteiger partial charge in [-0.25, -0.2) is 0 Å². The molecular formula is C12H16ClNO. The number of ether oxygens (including phenoxy) is 1. The predicted octanol–water partition coefficient (Wildman–Crippen LogP) is 3.08. The molecular weight excluding hydrogens is 210 g/mol. The van der Waals surface area contributed by atoms with Gasteiger partial charge in [0.05, 0.1) is 6.61 Å². The van der Waals surface area contributed by atoms with E-state index < -0.39 is 0 Å². The van der Waals surface area contributed by atoms with Crippen molar-refractivity contribution in [2.45, 2.75) is 26.3 Å².